The van der Waals surface area contributed by atoms with Crippen molar-refractivity contribution in [2.45, 2.75) is 58.9 Å². The second-order valence-electron chi connectivity index (χ2n) is 5.23. The van der Waals surface area contributed by atoms with Gasteiger partial charge in [-0.2, -0.15) is 5.10 Å². The van der Waals surface area contributed by atoms with Gasteiger partial charge in [0.05, 0.1) is 0 Å². The zero-order valence-electron chi connectivity index (χ0n) is 12.8. The molecule has 1 amide bonds. The Morgan fingerprint density at radius 2 is 1.80 bits per heavy atom. The molecule has 0 bridgehead atoms. The number of anilines is 1. The van der Waals surface area contributed by atoms with Crippen LogP contribution in [-0.2, 0) is 11.3 Å². The highest BCUT2D eigenvalue weighted by Crippen LogP contribution is 2.05. The summed E-state index contributed by atoms with van der Waals surface area (Å²) in [5.41, 5.74) is 5.57. The van der Waals surface area contributed by atoms with Gasteiger partial charge >= 0.3 is 0 Å². The predicted molar refractivity (Wildman–Crippen MR) is 82.3 cm³/mol. The molecule has 1 heterocycles. The van der Waals surface area contributed by atoms with Gasteiger partial charge in [-0.15, -0.1) is 0 Å². The Labute approximate surface area is 122 Å². The van der Waals surface area contributed by atoms with Crippen LogP contribution in [0.1, 0.15) is 52.4 Å². The summed E-state index contributed by atoms with van der Waals surface area (Å²) in [4.78, 5) is 14.3. The lowest BCUT2D eigenvalue weighted by atomic mass is 10.2. The molecule has 1 aromatic rings. The van der Waals surface area contributed by atoms with Crippen molar-refractivity contribution < 1.29 is 4.79 Å². The highest BCUT2D eigenvalue weighted by Gasteiger charge is 2.13. The van der Waals surface area contributed by atoms with Crippen LogP contribution in [0.5, 0.6) is 0 Å². The van der Waals surface area contributed by atoms with Gasteiger partial charge in [-0.25, -0.2) is 0 Å². The van der Waals surface area contributed by atoms with E-state index in [0.29, 0.717) is 5.82 Å². The minimum atomic E-state index is 0.139. The number of aromatic nitrogens is 2. The molecular weight excluding hydrogens is 252 g/mol. The Bertz CT molecular complexity index is 379. The molecule has 5 heteroatoms. The van der Waals surface area contributed by atoms with Crippen LogP contribution >= 0.6 is 0 Å². The monoisotopic (exact) mass is 280 g/mol. The number of nitrogens with zero attached hydrogens (tertiary/aromatic N) is 3. The first kappa shape index (κ1) is 16.5. The normalized spacial score (nSPS) is 10.7. The van der Waals surface area contributed by atoms with Gasteiger partial charge in [0.25, 0.3) is 0 Å². The van der Waals surface area contributed by atoms with Gasteiger partial charge in [0.2, 0.25) is 5.91 Å². The molecule has 20 heavy (non-hydrogen) atoms. The average Bonchev–Trinajstić information content (AvgIpc) is 2.82. The number of rotatable bonds is 10. The molecule has 0 aliphatic carbocycles. The van der Waals surface area contributed by atoms with Crippen LogP contribution in [0.4, 0.5) is 5.82 Å². The Morgan fingerprint density at radius 1 is 1.20 bits per heavy atom. The van der Waals surface area contributed by atoms with Crippen LogP contribution in [-0.4, -0.2) is 33.7 Å². The van der Waals surface area contributed by atoms with E-state index < -0.39 is 0 Å². The second-order valence-corrected chi connectivity index (χ2v) is 5.23. The average molecular weight is 280 g/mol. The van der Waals surface area contributed by atoms with Crippen molar-refractivity contribution in [1.29, 1.82) is 0 Å². The number of carbonyl (C=O) groups excluding carboxylic acids is 1. The predicted octanol–water partition coefficient (Wildman–Crippen LogP) is 2.67. The summed E-state index contributed by atoms with van der Waals surface area (Å²) in [7, 11) is 0. The van der Waals surface area contributed by atoms with Gasteiger partial charge < -0.3 is 10.6 Å². The summed E-state index contributed by atoms with van der Waals surface area (Å²) < 4.78 is 1.62. The van der Waals surface area contributed by atoms with E-state index in [4.69, 9.17) is 5.73 Å². The van der Waals surface area contributed by atoms with E-state index in [1.807, 2.05) is 4.90 Å². The molecule has 0 spiro atoms. The molecule has 1 rings (SSSR count). The molecule has 5 nitrogen and oxygen atoms in total. The van der Waals surface area contributed by atoms with Crippen LogP contribution < -0.4 is 5.73 Å². The number of hydrogen-bond donors (Lipinski definition) is 1. The fourth-order valence-corrected chi connectivity index (χ4v) is 2.17. The fraction of sp³-hybridized carbons (Fsp3) is 0.733. The van der Waals surface area contributed by atoms with Crippen molar-refractivity contribution >= 4 is 11.7 Å². The molecule has 0 atom stereocenters. The van der Waals surface area contributed by atoms with E-state index in [2.05, 4.69) is 18.9 Å². The number of amides is 1. The third-order valence-corrected chi connectivity index (χ3v) is 3.37. The zero-order valence-corrected chi connectivity index (χ0v) is 12.8. The molecule has 0 aliphatic rings. The van der Waals surface area contributed by atoms with Gasteiger partial charge in [-0.3, -0.25) is 9.48 Å². The summed E-state index contributed by atoms with van der Waals surface area (Å²) >= 11 is 0. The maximum Gasteiger partial charge on any atom is 0.244 e. The van der Waals surface area contributed by atoms with Crippen molar-refractivity contribution in [1.82, 2.24) is 14.7 Å². The summed E-state index contributed by atoms with van der Waals surface area (Å²) in [5.74, 6) is 0.599. The number of nitrogens with two attached hydrogens (primary N) is 1. The van der Waals surface area contributed by atoms with Gasteiger partial charge in [-0.1, -0.05) is 39.5 Å². The number of nitrogen functional groups attached to an aromatic ring is 1. The molecule has 0 radical (unpaired) electrons. The van der Waals surface area contributed by atoms with E-state index in [1.54, 1.807) is 16.9 Å². The Kier molecular flexibility index (Phi) is 7.77. The zero-order chi connectivity index (χ0) is 14.8. The van der Waals surface area contributed by atoms with E-state index in [-0.39, 0.29) is 12.5 Å². The van der Waals surface area contributed by atoms with Gasteiger partial charge in [0.15, 0.2) is 0 Å². The maximum absolute atomic E-state index is 12.3. The minimum Gasteiger partial charge on any atom is -0.382 e. The molecule has 0 saturated heterocycles. The first-order valence-electron chi connectivity index (χ1n) is 7.74. The van der Waals surface area contributed by atoms with Crippen LogP contribution in [0.2, 0.25) is 0 Å². The second kappa shape index (κ2) is 9.39. The quantitative estimate of drug-likeness (QED) is 0.670. The van der Waals surface area contributed by atoms with Crippen molar-refractivity contribution in [3.8, 4) is 0 Å². The standard InChI is InChI=1S/C15H28N4O/c1-3-5-7-10-18(11-8-6-4-2)15(20)13-19-12-9-14(16)17-19/h9,12H,3-8,10-11,13H2,1-2H3,(H2,16,17). The van der Waals surface area contributed by atoms with Crippen LogP contribution in [0.15, 0.2) is 12.3 Å². The van der Waals surface area contributed by atoms with E-state index in [9.17, 15) is 4.79 Å². The first-order chi connectivity index (χ1) is 9.67. The summed E-state index contributed by atoms with van der Waals surface area (Å²) in [6.07, 6.45) is 8.60. The van der Waals surface area contributed by atoms with Gasteiger partial charge in [0, 0.05) is 19.3 Å². The highest BCUT2D eigenvalue weighted by atomic mass is 16.2. The molecule has 0 unspecified atom stereocenters. The Balaban J connectivity index is 2.48. The molecule has 1 aromatic heterocycles. The summed E-state index contributed by atoms with van der Waals surface area (Å²) in [6.45, 7) is 6.35. The molecule has 2 N–H and O–H groups in total. The molecule has 0 fully saturated rings. The maximum atomic E-state index is 12.3. The first-order valence-corrected chi connectivity index (χ1v) is 7.74. The molecule has 0 aliphatic heterocycles. The summed E-state index contributed by atoms with van der Waals surface area (Å²) in [5, 5.41) is 4.07. The van der Waals surface area contributed by atoms with Crippen LogP contribution in [0, 0.1) is 0 Å². The molecule has 114 valence electrons. The van der Waals surface area contributed by atoms with Gasteiger partial charge in [-0.05, 0) is 18.9 Å². The third-order valence-electron chi connectivity index (χ3n) is 3.37. The Hall–Kier alpha value is -1.52. The van der Waals surface area contributed by atoms with Crippen molar-refractivity contribution in [2.24, 2.45) is 0 Å². The van der Waals surface area contributed by atoms with E-state index in [0.717, 1.165) is 25.9 Å². The van der Waals surface area contributed by atoms with Crippen molar-refractivity contribution in [3.63, 3.8) is 0 Å². The number of unbranched alkanes of at least 4 members (excludes halogenated alkanes) is 4. The highest BCUT2D eigenvalue weighted by molar-refractivity contribution is 5.75. The Morgan fingerprint density at radius 3 is 2.25 bits per heavy atom. The van der Waals surface area contributed by atoms with Crippen LogP contribution in [0.3, 0.4) is 0 Å². The van der Waals surface area contributed by atoms with Crippen molar-refractivity contribution in [3.05, 3.63) is 12.3 Å². The largest absolute Gasteiger partial charge is 0.382 e. The number of hydrogen-bond acceptors (Lipinski definition) is 3. The lowest BCUT2D eigenvalue weighted by Gasteiger charge is -2.22. The van der Waals surface area contributed by atoms with Crippen molar-refractivity contribution in [2.75, 3.05) is 18.8 Å². The smallest absolute Gasteiger partial charge is 0.244 e. The third kappa shape index (κ3) is 6.08. The lowest BCUT2D eigenvalue weighted by molar-refractivity contribution is -0.132. The topological polar surface area (TPSA) is 64.2 Å². The fourth-order valence-electron chi connectivity index (χ4n) is 2.17. The lowest BCUT2D eigenvalue weighted by Crippen LogP contribution is -2.35. The van der Waals surface area contributed by atoms with Crippen LogP contribution in [0.25, 0.3) is 0 Å². The van der Waals surface area contributed by atoms with E-state index in [1.165, 1.54) is 25.7 Å². The molecular formula is C15H28N4O. The van der Waals surface area contributed by atoms with E-state index >= 15 is 0 Å². The minimum absolute atomic E-state index is 0.139. The van der Waals surface area contributed by atoms with Gasteiger partial charge in [0.1, 0.15) is 12.4 Å². The molecule has 0 aromatic carbocycles. The SMILES string of the molecule is CCCCCN(CCCCC)C(=O)Cn1ccc(N)n1. The molecule has 0 saturated carbocycles. The number of carbonyl (C=O) groups is 1. The summed E-state index contributed by atoms with van der Waals surface area (Å²) in [6, 6.07) is 1.71.